The van der Waals surface area contributed by atoms with Crippen LogP contribution in [0.3, 0.4) is 0 Å². The fourth-order valence-electron chi connectivity index (χ4n) is 2.25. The van der Waals surface area contributed by atoms with Crippen LogP contribution in [-0.4, -0.2) is 15.8 Å². The second-order valence-corrected chi connectivity index (χ2v) is 4.65. The molecular weight excluding hydrogens is 248 g/mol. The Morgan fingerprint density at radius 3 is 2.60 bits per heavy atom. The lowest BCUT2D eigenvalue weighted by molar-refractivity contribution is 0.112. The topological polar surface area (TPSA) is 34.9 Å². The Morgan fingerprint density at radius 1 is 1.10 bits per heavy atom. The molecule has 0 radical (unpaired) electrons. The molecule has 0 bridgehead atoms. The number of benzene rings is 2. The smallest absolute Gasteiger partial charge is 0.150 e. The molecule has 0 saturated heterocycles. The van der Waals surface area contributed by atoms with E-state index < -0.39 is 0 Å². The molecule has 0 aliphatic rings. The fraction of sp³-hybridized carbons (Fsp3) is 0.0588. The van der Waals surface area contributed by atoms with Crippen LogP contribution in [0.5, 0.6) is 0 Å². The highest BCUT2D eigenvalue weighted by molar-refractivity contribution is 5.77. The highest BCUT2D eigenvalue weighted by Crippen LogP contribution is 2.22. The van der Waals surface area contributed by atoms with Crippen LogP contribution in [-0.2, 0) is 0 Å². The first-order chi connectivity index (χ1) is 9.79. The van der Waals surface area contributed by atoms with Crippen LogP contribution in [0.1, 0.15) is 15.9 Å². The second kappa shape index (κ2) is 5.13. The number of aromatic nitrogens is 2. The molecule has 0 atom stereocenters. The van der Waals surface area contributed by atoms with E-state index in [0.29, 0.717) is 0 Å². The summed E-state index contributed by atoms with van der Waals surface area (Å²) < 4.78 is 2.02. The maximum absolute atomic E-state index is 10.9. The summed E-state index contributed by atoms with van der Waals surface area (Å²) in [5.74, 6) is 0.892. The number of carbonyl (C=O) groups excluding carboxylic acids is 1. The number of imidazole rings is 1. The van der Waals surface area contributed by atoms with Gasteiger partial charge in [-0.25, -0.2) is 4.98 Å². The first-order valence-corrected chi connectivity index (χ1v) is 6.44. The molecular formula is C17H14N2O. The van der Waals surface area contributed by atoms with Gasteiger partial charge in [0, 0.05) is 29.2 Å². The molecule has 0 aliphatic heterocycles. The average Bonchev–Trinajstić information content (AvgIpc) is 2.97. The lowest BCUT2D eigenvalue weighted by Crippen LogP contribution is -1.98. The van der Waals surface area contributed by atoms with Gasteiger partial charge >= 0.3 is 0 Å². The summed E-state index contributed by atoms with van der Waals surface area (Å²) in [4.78, 5) is 15.3. The van der Waals surface area contributed by atoms with Gasteiger partial charge in [0.2, 0.25) is 0 Å². The molecule has 3 rings (SSSR count). The first-order valence-electron chi connectivity index (χ1n) is 6.44. The first kappa shape index (κ1) is 12.4. The lowest BCUT2D eigenvalue weighted by Gasteiger charge is -2.09. The third kappa shape index (κ3) is 2.14. The van der Waals surface area contributed by atoms with Gasteiger partial charge in [-0.05, 0) is 30.7 Å². The lowest BCUT2D eigenvalue weighted by atomic mass is 10.1. The van der Waals surface area contributed by atoms with Gasteiger partial charge < -0.3 is 0 Å². The number of nitrogens with zero attached hydrogens (tertiary/aromatic N) is 2. The molecule has 0 saturated carbocycles. The number of carbonyl (C=O) groups is 1. The van der Waals surface area contributed by atoms with Gasteiger partial charge in [-0.15, -0.1) is 0 Å². The Kier molecular flexibility index (Phi) is 3.17. The number of rotatable bonds is 3. The van der Waals surface area contributed by atoms with Crippen LogP contribution in [0.25, 0.3) is 17.1 Å². The minimum Gasteiger partial charge on any atom is -0.300 e. The molecule has 3 nitrogen and oxygen atoms in total. The van der Waals surface area contributed by atoms with E-state index in [2.05, 4.69) is 4.98 Å². The van der Waals surface area contributed by atoms with E-state index in [0.717, 1.165) is 34.5 Å². The van der Waals surface area contributed by atoms with Gasteiger partial charge in [0.25, 0.3) is 0 Å². The molecule has 2 aromatic carbocycles. The van der Waals surface area contributed by atoms with Crippen LogP contribution in [0.2, 0.25) is 0 Å². The summed E-state index contributed by atoms with van der Waals surface area (Å²) in [7, 11) is 0. The number of hydrogen-bond acceptors (Lipinski definition) is 2. The maximum atomic E-state index is 10.9. The predicted octanol–water partition coefficient (Wildman–Crippen LogP) is 3.66. The van der Waals surface area contributed by atoms with Crippen LogP contribution >= 0.6 is 0 Å². The van der Waals surface area contributed by atoms with E-state index in [1.165, 1.54) is 0 Å². The van der Waals surface area contributed by atoms with Gasteiger partial charge in [0.1, 0.15) is 12.1 Å². The minimum atomic E-state index is 0.718. The second-order valence-electron chi connectivity index (χ2n) is 4.65. The minimum absolute atomic E-state index is 0.718. The van der Waals surface area contributed by atoms with Crippen molar-refractivity contribution in [1.29, 1.82) is 0 Å². The Morgan fingerprint density at radius 2 is 1.90 bits per heavy atom. The number of hydrogen-bond donors (Lipinski definition) is 0. The molecule has 0 fully saturated rings. The number of aryl methyl sites for hydroxylation is 1. The summed E-state index contributed by atoms with van der Waals surface area (Å²) in [5, 5.41) is 0. The van der Waals surface area contributed by atoms with Crippen LogP contribution < -0.4 is 0 Å². The summed E-state index contributed by atoms with van der Waals surface area (Å²) in [6, 6.07) is 15.8. The Bertz CT molecular complexity index is 745. The Labute approximate surface area is 117 Å². The summed E-state index contributed by atoms with van der Waals surface area (Å²) in [6.07, 6.45) is 4.59. The van der Waals surface area contributed by atoms with Gasteiger partial charge in [-0.2, -0.15) is 0 Å². The third-order valence-corrected chi connectivity index (χ3v) is 3.33. The van der Waals surface area contributed by atoms with E-state index in [1.807, 2.05) is 66.2 Å². The van der Waals surface area contributed by atoms with Gasteiger partial charge in [-0.3, -0.25) is 9.36 Å². The SMILES string of the molecule is Cc1cc(-n2ccnc2-c2ccccc2)ccc1C=O. The Balaban J connectivity index is 2.10. The van der Waals surface area contributed by atoms with Crippen LogP contribution in [0.4, 0.5) is 0 Å². The molecule has 3 aromatic rings. The summed E-state index contributed by atoms with van der Waals surface area (Å²) >= 11 is 0. The largest absolute Gasteiger partial charge is 0.300 e. The van der Waals surface area contributed by atoms with Crippen LogP contribution in [0, 0.1) is 6.92 Å². The van der Waals surface area contributed by atoms with Crippen molar-refractivity contribution < 1.29 is 4.79 Å². The molecule has 0 amide bonds. The maximum Gasteiger partial charge on any atom is 0.150 e. The Hall–Kier alpha value is -2.68. The van der Waals surface area contributed by atoms with Gasteiger partial charge in [0.15, 0.2) is 0 Å². The van der Waals surface area contributed by atoms with E-state index >= 15 is 0 Å². The van der Waals surface area contributed by atoms with Crippen LogP contribution in [0.15, 0.2) is 60.9 Å². The van der Waals surface area contributed by atoms with E-state index in [9.17, 15) is 4.79 Å². The molecule has 3 heteroatoms. The zero-order valence-electron chi connectivity index (χ0n) is 11.2. The molecule has 1 heterocycles. The molecule has 0 aliphatic carbocycles. The fourth-order valence-corrected chi connectivity index (χ4v) is 2.25. The van der Waals surface area contributed by atoms with Crippen molar-refractivity contribution in [1.82, 2.24) is 9.55 Å². The molecule has 0 N–H and O–H groups in total. The zero-order chi connectivity index (χ0) is 13.9. The van der Waals surface area contributed by atoms with Crippen molar-refractivity contribution in [2.24, 2.45) is 0 Å². The number of aldehydes is 1. The van der Waals surface area contributed by atoms with Gasteiger partial charge in [0.05, 0.1) is 0 Å². The highest BCUT2D eigenvalue weighted by atomic mass is 16.1. The van der Waals surface area contributed by atoms with Crippen molar-refractivity contribution in [2.45, 2.75) is 6.92 Å². The van der Waals surface area contributed by atoms with Crippen molar-refractivity contribution >= 4 is 6.29 Å². The normalized spacial score (nSPS) is 10.4. The van der Waals surface area contributed by atoms with E-state index in [4.69, 9.17) is 0 Å². The van der Waals surface area contributed by atoms with Crippen molar-refractivity contribution in [3.8, 4) is 17.1 Å². The zero-order valence-corrected chi connectivity index (χ0v) is 11.2. The van der Waals surface area contributed by atoms with E-state index in [-0.39, 0.29) is 0 Å². The summed E-state index contributed by atoms with van der Waals surface area (Å²) in [5.41, 5.74) is 3.75. The quantitative estimate of drug-likeness (QED) is 0.675. The molecule has 98 valence electrons. The molecule has 20 heavy (non-hydrogen) atoms. The third-order valence-electron chi connectivity index (χ3n) is 3.33. The predicted molar refractivity (Wildman–Crippen MR) is 79.1 cm³/mol. The standard InChI is InChI=1S/C17H14N2O/c1-13-11-16(8-7-15(13)12-20)19-10-9-18-17(19)14-5-3-2-4-6-14/h2-12H,1H3. The van der Waals surface area contributed by atoms with Crippen molar-refractivity contribution in [3.05, 3.63) is 72.1 Å². The molecule has 0 unspecified atom stereocenters. The van der Waals surface area contributed by atoms with Crippen molar-refractivity contribution in [2.75, 3.05) is 0 Å². The van der Waals surface area contributed by atoms with Crippen molar-refractivity contribution in [3.63, 3.8) is 0 Å². The average molecular weight is 262 g/mol. The molecule has 0 spiro atoms. The van der Waals surface area contributed by atoms with E-state index in [1.54, 1.807) is 6.20 Å². The summed E-state index contributed by atoms with van der Waals surface area (Å²) in [6.45, 7) is 1.94. The highest BCUT2D eigenvalue weighted by Gasteiger charge is 2.08. The van der Waals surface area contributed by atoms with Gasteiger partial charge in [-0.1, -0.05) is 30.3 Å². The molecule has 1 aromatic heterocycles. The monoisotopic (exact) mass is 262 g/mol.